The summed E-state index contributed by atoms with van der Waals surface area (Å²) < 4.78 is 236. The van der Waals surface area contributed by atoms with Gasteiger partial charge in [-0.05, 0) is 0 Å². The van der Waals surface area contributed by atoms with Gasteiger partial charge in [0.25, 0.3) is 0 Å². The fourth-order valence-electron chi connectivity index (χ4n) is 0. The maximum absolute atomic E-state index is 10.7. The number of hydrogen-bond donors (Lipinski definition) is 0. The molecule has 0 bridgehead atoms. The molecule has 205 valence electrons. The van der Waals surface area contributed by atoms with Gasteiger partial charge in [0.2, 0.25) is 0 Å². The van der Waals surface area contributed by atoms with Crippen molar-refractivity contribution in [3.63, 3.8) is 0 Å². The van der Waals surface area contributed by atoms with Gasteiger partial charge in [-0.2, -0.15) is 52.7 Å². The van der Waals surface area contributed by atoms with E-state index in [1.807, 2.05) is 0 Å². The normalized spacial score (nSPS) is 13.6. The molecule has 0 N–H and O–H groups in total. The van der Waals surface area contributed by atoms with Crippen LogP contribution in [0.15, 0.2) is 0 Å². The van der Waals surface area contributed by atoms with Crippen LogP contribution in [0.25, 0.3) is 0 Å². The van der Waals surface area contributed by atoms with Crippen molar-refractivity contribution >= 4 is 40.5 Å². The molecular weight excluding hydrogens is 689 g/mol. The van der Waals surface area contributed by atoms with Crippen molar-refractivity contribution in [1.82, 2.24) is 0 Å². The Hall–Kier alpha value is -0.460. The van der Waals surface area contributed by atoms with Gasteiger partial charge in [-0.3, -0.25) is 0 Å². The van der Waals surface area contributed by atoms with Crippen LogP contribution in [0.1, 0.15) is 0 Å². The van der Waals surface area contributed by atoms with E-state index in [1.54, 1.807) is 0 Å². The maximum Gasteiger partial charge on any atom is 0.485 e. The van der Waals surface area contributed by atoms with Gasteiger partial charge in [-0.1, -0.05) is 0 Å². The molecule has 0 amide bonds. The fourth-order valence-corrected chi connectivity index (χ4v) is 0. The molecule has 0 fully saturated rings. The number of rotatable bonds is 0. The average molecular weight is 689 g/mol. The summed E-state index contributed by atoms with van der Waals surface area (Å²) in [6.45, 7) is 0. The second-order valence-corrected chi connectivity index (χ2v) is 9.08. The minimum Gasteiger partial charge on any atom is -0.741 e. The van der Waals surface area contributed by atoms with Crippen LogP contribution in [-0.2, 0) is 62.9 Å². The van der Waals surface area contributed by atoms with Crippen LogP contribution >= 0.6 is 0 Å². The number of alkyl halides is 12. The third-order valence-corrected chi connectivity index (χ3v) is 3.40. The Morgan fingerprint density at radius 1 is 0.333 bits per heavy atom. The SMILES string of the molecule is O=S(=O)([O-])C(F)(F)F.O=S(=O)([O-])C(F)(F)F.O=S(=O)([O-])C(F)(F)F.O=S(=O)([O-])C(F)(F)F.[Nb]. The Morgan fingerprint density at radius 3 is 0.364 bits per heavy atom. The molecule has 12 nitrogen and oxygen atoms in total. The largest absolute Gasteiger partial charge is 0.741 e. The molecule has 0 aromatic rings. The van der Waals surface area contributed by atoms with E-state index < -0.39 is 62.5 Å². The van der Waals surface area contributed by atoms with Gasteiger partial charge in [0.15, 0.2) is 40.5 Å². The van der Waals surface area contributed by atoms with Crippen LogP contribution in [-0.4, -0.2) is 73.9 Å². The molecule has 0 saturated heterocycles. The van der Waals surface area contributed by atoms with Gasteiger partial charge in [-0.15, -0.1) is 0 Å². The number of hydrogen-bond acceptors (Lipinski definition) is 12. The quantitative estimate of drug-likeness (QED) is 0.144. The molecule has 0 spiro atoms. The van der Waals surface area contributed by atoms with Crippen LogP contribution in [0.4, 0.5) is 52.7 Å². The van der Waals surface area contributed by atoms with Crippen LogP contribution in [0.5, 0.6) is 0 Å². The van der Waals surface area contributed by atoms with Crippen molar-refractivity contribution in [2.24, 2.45) is 0 Å². The van der Waals surface area contributed by atoms with Crippen LogP contribution in [0.3, 0.4) is 0 Å². The van der Waals surface area contributed by atoms with Crippen molar-refractivity contribution in [1.29, 1.82) is 0 Å². The molecule has 0 aliphatic carbocycles. The molecule has 0 aromatic heterocycles. The first-order valence-corrected chi connectivity index (χ1v) is 10.7. The predicted molar refractivity (Wildman–Crippen MR) is 63.0 cm³/mol. The van der Waals surface area contributed by atoms with Crippen molar-refractivity contribution in [2.75, 3.05) is 0 Å². The maximum atomic E-state index is 10.7. The second kappa shape index (κ2) is 13.0. The van der Waals surface area contributed by atoms with Crippen molar-refractivity contribution in [2.45, 2.75) is 22.0 Å². The first kappa shape index (κ1) is 42.7. The third-order valence-electron chi connectivity index (χ3n) is 1.13. The predicted octanol–water partition coefficient (Wildman–Crippen LogP) is 0.203. The van der Waals surface area contributed by atoms with E-state index in [-0.39, 0.29) is 22.4 Å². The zero-order valence-corrected chi connectivity index (χ0v) is 19.0. The first-order valence-electron chi connectivity index (χ1n) is 5.08. The molecule has 0 aliphatic rings. The number of halogens is 12. The summed E-state index contributed by atoms with van der Waals surface area (Å²) in [7, 11) is -24.4. The standard InChI is InChI=1S/4CHF3O3S.Nb/c4*2-1(3,4)8(5,6)7;/h4*(H,5,6,7);/p-4. The Kier molecular flexibility index (Phi) is 16.8. The smallest absolute Gasteiger partial charge is 0.485 e. The molecule has 0 aliphatic heterocycles. The molecular formula is C4F12NbO12S4-4. The van der Waals surface area contributed by atoms with Crippen molar-refractivity contribution in [3.8, 4) is 0 Å². The molecule has 33 heavy (non-hydrogen) atoms. The van der Waals surface area contributed by atoms with E-state index in [0.29, 0.717) is 0 Å². The van der Waals surface area contributed by atoms with Gasteiger partial charge in [0.05, 0.1) is 0 Å². The summed E-state index contributed by atoms with van der Waals surface area (Å²) in [5.74, 6) is 0. The van der Waals surface area contributed by atoms with Crippen LogP contribution < -0.4 is 0 Å². The molecule has 0 heterocycles. The Bertz CT molecular complexity index is 828. The second-order valence-electron chi connectivity index (χ2n) is 3.60. The molecule has 0 saturated carbocycles. The van der Waals surface area contributed by atoms with E-state index in [1.165, 1.54) is 0 Å². The van der Waals surface area contributed by atoms with E-state index in [9.17, 15) is 52.7 Å². The van der Waals surface area contributed by atoms with Crippen LogP contribution in [0.2, 0.25) is 0 Å². The van der Waals surface area contributed by atoms with Crippen molar-refractivity contribution in [3.05, 3.63) is 0 Å². The van der Waals surface area contributed by atoms with Gasteiger partial charge >= 0.3 is 22.0 Å². The first-order chi connectivity index (χ1) is 13.0. The van der Waals surface area contributed by atoms with Gasteiger partial charge in [0, 0.05) is 22.4 Å². The zero-order chi connectivity index (χ0) is 28.0. The summed E-state index contributed by atoms with van der Waals surface area (Å²) in [6.07, 6.45) is 0. The summed E-state index contributed by atoms with van der Waals surface area (Å²) in [4.78, 5) is 0. The van der Waals surface area contributed by atoms with E-state index in [0.717, 1.165) is 0 Å². The van der Waals surface area contributed by atoms with Gasteiger partial charge in [0.1, 0.15) is 0 Å². The third kappa shape index (κ3) is 21.8. The average Bonchev–Trinajstić information content (AvgIpc) is 2.30. The molecule has 29 heteroatoms. The Morgan fingerprint density at radius 2 is 0.364 bits per heavy atom. The molecule has 0 aromatic carbocycles. The molecule has 0 atom stereocenters. The van der Waals surface area contributed by atoms with E-state index in [2.05, 4.69) is 0 Å². The molecule has 0 rings (SSSR count). The minimum absolute atomic E-state index is 0. The van der Waals surface area contributed by atoms with Crippen LogP contribution in [0, 0.1) is 0 Å². The monoisotopic (exact) mass is 689 g/mol. The summed E-state index contributed by atoms with van der Waals surface area (Å²) >= 11 is 0. The molecule has 0 unspecified atom stereocenters. The topological polar surface area (TPSA) is 229 Å². The van der Waals surface area contributed by atoms with Gasteiger partial charge in [-0.25, -0.2) is 33.7 Å². The molecule has 1 radical (unpaired) electrons. The summed E-state index contributed by atoms with van der Waals surface area (Å²) in [5, 5.41) is 0. The minimum atomic E-state index is -6.09. The summed E-state index contributed by atoms with van der Waals surface area (Å²) in [6, 6.07) is 0. The summed E-state index contributed by atoms with van der Waals surface area (Å²) in [5.41, 5.74) is -22.6. The Labute approximate surface area is 189 Å². The zero-order valence-electron chi connectivity index (χ0n) is 13.5. The Balaban J connectivity index is -0.000000105. The fraction of sp³-hybridized carbons (Fsp3) is 1.00. The van der Waals surface area contributed by atoms with Gasteiger partial charge < -0.3 is 18.2 Å². The van der Waals surface area contributed by atoms with E-state index >= 15 is 0 Å². The van der Waals surface area contributed by atoms with Crippen molar-refractivity contribution < 1.29 is 127 Å². The van der Waals surface area contributed by atoms with E-state index in [4.69, 9.17) is 51.9 Å².